The third kappa shape index (κ3) is 11.5. The highest BCUT2D eigenvalue weighted by atomic mass is 14.0. The highest BCUT2D eigenvalue weighted by Gasteiger charge is 1.96. The van der Waals surface area contributed by atoms with Gasteiger partial charge in [-0.15, -0.1) is 0 Å². The van der Waals surface area contributed by atoms with E-state index in [9.17, 15) is 0 Å². The van der Waals surface area contributed by atoms with E-state index in [-0.39, 0.29) is 0 Å². The fourth-order valence-electron chi connectivity index (χ4n) is 2.94. The number of hydrogen-bond acceptors (Lipinski definition) is 0. The molecule has 0 spiro atoms. The molecule has 0 bridgehead atoms. The summed E-state index contributed by atoms with van der Waals surface area (Å²) in [6.07, 6.45) is 17.0. The van der Waals surface area contributed by atoms with Gasteiger partial charge in [-0.2, -0.15) is 0 Å². The van der Waals surface area contributed by atoms with E-state index in [0.717, 1.165) is 5.92 Å². The Labute approximate surface area is 133 Å². The van der Waals surface area contributed by atoms with Crippen molar-refractivity contribution in [2.75, 3.05) is 0 Å². The van der Waals surface area contributed by atoms with Gasteiger partial charge in [0, 0.05) is 0 Å². The van der Waals surface area contributed by atoms with Crippen molar-refractivity contribution < 1.29 is 0 Å². The second kappa shape index (κ2) is 12.9. The van der Waals surface area contributed by atoms with E-state index in [1.54, 1.807) is 0 Å². The summed E-state index contributed by atoms with van der Waals surface area (Å²) in [6.45, 7) is 4.66. The lowest BCUT2D eigenvalue weighted by Gasteiger charge is -2.05. The highest BCUT2D eigenvalue weighted by molar-refractivity contribution is 5.14. The van der Waals surface area contributed by atoms with Crippen LogP contribution in [0.25, 0.3) is 0 Å². The standard InChI is InChI=1S/C21H36/c1-20(2)16-12-9-7-5-3-4-6-8-10-13-17-21-18-14-11-15-19-21/h11,14-15,18-20H,3-10,12-13,16-17H2,1-2H3. The summed E-state index contributed by atoms with van der Waals surface area (Å²) < 4.78 is 0. The third-order valence-electron chi connectivity index (χ3n) is 4.34. The summed E-state index contributed by atoms with van der Waals surface area (Å²) in [5.74, 6) is 0.890. The Kier molecular flexibility index (Phi) is 11.2. The van der Waals surface area contributed by atoms with Crippen molar-refractivity contribution in [2.24, 2.45) is 5.92 Å². The van der Waals surface area contributed by atoms with Crippen LogP contribution in [-0.4, -0.2) is 0 Å². The number of benzene rings is 1. The first-order valence-electron chi connectivity index (χ1n) is 9.33. The fraction of sp³-hybridized carbons (Fsp3) is 0.714. The van der Waals surface area contributed by atoms with Crippen LogP contribution < -0.4 is 0 Å². The Balaban J connectivity index is 1.77. The molecule has 21 heavy (non-hydrogen) atoms. The van der Waals surface area contributed by atoms with Gasteiger partial charge in [0.05, 0.1) is 0 Å². The number of aryl methyl sites for hydroxylation is 1. The van der Waals surface area contributed by atoms with Crippen molar-refractivity contribution in [2.45, 2.75) is 90.9 Å². The molecule has 0 aliphatic heterocycles. The minimum atomic E-state index is 0.890. The molecule has 0 fully saturated rings. The minimum Gasteiger partial charge on any atom is -0.0628 e. The molecule has 0 atom stereocenters. The summed E-state index contributed by atoms with van der Waals surface area (Å²) >= 11 is 0. The molecule has 0 heteroatoms. The zero-order valence-electron chi connectivity index (χ0n) is 14.4. The van der Waals surface area contributed by atoms with Crippen molar-refractivity contribution >= 4 is 0 Å². The van der Waals surface area contributed by atoms with Crippen LogP contribution in [0.2, 0.25) is 0 Å². The molecule has 0 aliphatic carbocycles. The molecule has 1 rings (SSSR count). The Morgan fingerprint density at radius 2 is 1.10 bits per heavy atom. The zero-order chi connectivity index (χ0) is 15.2. The molecule has 0 unspecified atom stereocenters. The maximum absolute atomic E-state index is 2.33. The van der Waals surface area contributed by atoms with Crippen molar-refractivity contribution in [1.82, 2.24) is 0 Å². The Bertz CT molecular complexity index is 312. The van der Waals surface area contributed by atoms with Crippen molar-refractivity contribution in [3.8, 4) is 0 Å². The van der Waals surface area contributed by atoms with Crippen LogP contribution in [0.4, 0.5) is 0 Å². The van der Waals surface area contributed by atoms with E-state index in [1.807, 2.05) is 0 Å². The van der Waals surface area contributed by atoms with Gasteiger partial charge in [0.25, 0.3) is 0 Å². The van der Waals surface area contributed by atoms with E-state index in [1.165, 1.54) is 82.6 Å². The first kappa shape index (κ1) is 18.3. The topological polar surface area (TPSA) is 0 Å². The number of unbranched alkanes of at least 4 members (excludes halogenated alkanes) is 9. The molecule has 0 radical (unpaired) electrons. The van der Waals surface area contributed by atoms with E-state index in [0.29, 0.717) is 0 Å². The van der Waals surface area contributed by atoms with Crippen LogP contribution in [0.1, 0.15) is 90.0 Å². The van der Waals surface area contributed by atoms with Gasteiger partial charge in [-0.05, 0) is 24.3 Å². The summed E-state index contributed by atoms with van der Waals surface area (Å²) in [6, 6.07) is 10.9. The molecule has 0 heterocycles. The maximum atomic E-state index is 2.33. The molecule has 1 aromatic carbocycles. The first-order chi connectivity index (χ1) is 10.3. The zero-order valence-corrected chi connectivity index (χ0v) is 14.4. The lowest BCUT2D eigenvalue weighted by Crippen LogP contribution is -1.88. The lowest BCUT2D eigenvalue weighted by molar-refractivity contribution is 0.505. The quantitative estimate of drug-likeness (QED) is 0.337. The molecule has 0 aliphatic rings. The van der Waals surface area contributed by atoms with Gasteiger partial charge in [-0.1, -0.05) is 108 Å². The molecule has 0 saturated carbocycles. The average molecular weight is 289 g/mol. The molecule has 0 aromatic heterocycles. The molecule has 120 valence electrons. The summed E-state index contributed by atoms with van der Waals surface area (Å²) in [7, 11) is 0. The maximum Gasteiger partial charge on any atom is -0.0279 e. The second-order valence-corrected chi connectivity index (χ2v) is 6.95. The van der Waals surface area contributed by atoms with E-state index >= 15 is 0 Å². The van der Waals surface area contributed by atoms with Crippen LogP contribution in [-0.2, 0) is 6.42 Å². The smallest absolute Gasteiger partial charge is 0.0279 e. The molecule has 1 aromatic rings. The van der Waals surface area contributed by atoms with E-state index in [4.69, 9.17) is 0 Å². The van der Waals surface area contributed by atoms with Crippen LogP contribution in [0, 0.1) is 5.92 Å². The molecule has 0 saturated heterocycles. The van der Waals surface area contributed by atoms with E-state index in [2.05, 4.69) is 44.2 Å². The summed E-state index contributed by atoms with van der Waals surface area (Å²) in [5, 5.41) is 0. The molecular formula is C21H36. The predicted molar refractivity (Wildman–Crippen MR) is 95.8 cm³/mol. The minimum absolute atomic E-state index is 0.890. The second-order valence-electron chi connectivity index (χ2n) is 6.95. The van der Waals surface area contributed by atoms with E-state index < -0.39 is 0 Å². The van der Waals surface area contributed by atoms with Gasteiger partial charge in [0.15, 0.2) is 0 Å². The largest absolute Gasteiger partial charge is 0.0628 e. The van der Waals surface area contributed by atoms with Gasteiger partial charge in [0.2, 0.25) is 0 Å². The van der Waals surface area contributed by atoms with Crippen LogP contribution in [0.15, 0.2) is 30.3 Å². The molecule has 0 nitrogen and oxygen atoms in total. The van der Waals surface area contributed by atoms with Crippen molar-refractivity contribution in [3.05, 3.63) is 35.9 Å². The van der Waals surface area contributed by atoms with Crippen molar-refractivity contribution in [3.63, 3.8) is 0 Å². The molecule has 0 N–H and O–H groups in total. The SMILES string of the molecule is CC(C)CCCCCCCCCCCCc1ccccc1. The van der Waals surface area contributed by atoms with Crippen molar-refractivity contribution in [1.29, 1.82) is 0 Å². The first-order valence-corrected chi connectivity index (χ1v) is 9.33. The Morgan fingerprint density at radius 1 is 0.619 bits per heavy atom. The molecule has 0 amide bonds. The van der Waals surface area contributed by atoms with Crippen LogP contribution in [0.5, 0.6) is 0 Å². The monoisotopic (exact) mass is 288 g/mol. The normalized spacial score (nSPS) is 11.2. The van der Waals surface area contributed by atoms with Crippen LogP contribution >= 0.6 is 0 Å². The lowest BCUT2D eigenvalue weighted by atomic mass is 10.0. The fourth-order valence-corrected chi connectivity index (χ4v) is 2.94. The Hall–Kier alpha value is -0.780. The Morgan fingerprint density at radius 3 is 1.62 bits per heavy atom. The van der Waals surface area contributed by atoms with Gasteiger partial charge in [-0.25, -0.2) is 0 Å². The molecular weight excluding hydrogens is 252 g/mol. The average Bonchev–Trinajstić information content (AvgIpc) is 2.49. The third-order valence-corrected chi connectivity index (χ3v) is 4.34. The van der Waals surface area contributed by atoms with Gasteiger partial charge in [-0.3, -0.25) is 0 Å². The van der Waals surface area contributed by atoms with Gasteiger partial charge >= 0.3 is 0 Å². The van der Waals surface area contributed by atoms with Gasteiger partial charge in [0.1, 0.15) is 0 Å². The number of hydrogen-bond donors (Lipinski definition) is 0. The summed E-state index contributed by atoms with van der Waals surface area (Å²) in [4.78, 5) is 0. The summed E-state index contributed by atoms with van der Waals surface area (Å²) in [5.41, 5.74) is 1.50. The highest BCUT2D eigenvalue weighted by Crippen LogP contribution is 2.14. The predicted octanol–water partition coefficient (Wildman–Crippen LogP) is 7.18. The van der Waals surface area contributed by atoms with Gasteiger partial charge < -0.3 is 0 Å². The number of rotatable bonds is 13. The van der Waals surface area contributed by atoms with Crippen LogP contribution in [0.3, 0.4) is 0 Å².